The number of carbonyl (C=O) groups is 1. The molecule has 21 heavy (non-hydrogen) atoms. The SMILES string of the molecule is CC[C@H](Oc1cccc(C)c1)C(=O)Nc1cccc(F)c1. The third-order valence-electron chi connectivity index (χ3n) is 3.02. The molecular formula is C17H18FNO2. The number of rotatable bonds is 5. The van der Waals surface area contributed by atoms with E-state index in [9.17, 15) is 9.18 Å². The van der Waals surface area contributed by atoms with Gasteiger partial charge in [-0.15, -0.1) is 0 Å². The first-order chi connectivity index (χ1) is 10.1. The summed E-state index contributed by atoms with van der Waals surface area (Å²) in [7, 11) is 0. The first kappa shape index (κ1) is 15.0. The summed E-state index contributed by atoms with van der Waals surface area (Å²) in [6.45, 7) is 3.83. The Balaban J connectivity index is 2.05. The molecule has 0 aliphatic carbocycles. The normalized spacial score (nSPS) is 11.8. The highest BCUT2D eigenvalue weighted by Crippen LogP contribution is 2.17. The van der Waals surface area contributed by atoms with Gasteiger partial charge in [-0.3, -0.25) is 4.79 Å². The van der Waals surface area contributed by atoms with Crippen LogP contribution in [0.15, 0.2) is 48.5 Å². The van der Waals surface area contributed by atoms with E-state index < -0.39 is 6.10 Å². The highest BCUT2D eigenvalue weighted by atomic mass is 19.1. The molecule has 1 atom stereocenters. The van der Waals surface area contributed by atoms with Crippen molar-refractivity contribution < 1.29 is 13.9 Å². The van der Waals surface area contributed by atoms with Crippen molar-refractivity contribution in [2.45, 2.75) is 26.4 Å². The van der Waals surface area contributed by atoms with Crippen molar-refractivity contribution in [3.05, 3.63) is 59.9 Å². The van der Waals surface area contributed by atoms with E-state index in [1.54, 1.807) is 12.1 Å². The summed E-state index contributed by atoms with van der Waals surface area (Å²) in [5.74, 6) is -0.0266. The van der Waals surface area contributed by atoms with Crippen LogP contribution in [0.5, 0.6) is 5.75 Å². The fraction of sp³-hybridized carbons (Fsp3) is 0.235. The molecule has 0 heterocycles. The quantitative estimate of drug-likeness (QED) is 0.905. The van der Waals surface area contributed by atoms with E-state index in [-0.39, 0.29) is 11.7 Å². The van der Waals surface area contributed by atoms with E-state index in [1.807, 2.05) is 38.1 Å². The Morgan fingerprint density at radius 3 is 2.67 bits per heavy atom. The van der Waals surface area contributed by atoms with Gasteiger partial charge in [0.15, 0.2) is 6.10 Å². The maximum atomic E-state index is 13.1. The molecule has 0 saturated carbocycles. The van der Waals surface area contributed by atoms with Crippen LogP contribution >= 0.6 is 0 Å². The number of carbonyl (C=O) groups excluding carboxylic acids is 1. The lowest BCUT2D eigenvalue weighted by atomic mass is 10.2. The monoisotopic (exact) mass is 287 g/mol. The molecule has 0 saturated heterocycles. The van der Waals surface area contributed by atoms with E-state index in [0.717, 1.165) is 5.56 Å². The summed E-state index contributed by atoms with van der Waals surface area (Å²) >= 11 is 0. The van der Waals surface area contributed by atoms with Gasteiger partial charge in [0.05, 0.1) is 0 Å². The Hall–Kier alpha value is -2.36. The zero-order valence-electron chi connectivity index (χ0n) is 12.1. The average molecular weight is 287 g/mol. The summed E-state index contributed by atoms with van der Waals surface area (Å²) in [5.41, 5.74) is 1.49. The van der Waals surface area contributed by atoms with E-state index in [4.69, 9.17) is 4.74 Å². The molecule has 0 radical (unpaired) electrons. The van der Waals surface area contributed by atoms with Crippen molar-refractivity contribution >= 4 is 11.6 Å². The molecule has 0 aliphatic heterocycles. The predicted molar refractivity (Wildman–Crippen MR) is 80.9 cm³/mol. The van der Waals surface area contributed by atoms with E-state index >= 15 is 0 Å². The average Bonchev–Trinajstić information content (AvgIpc) is 2.44. The largest absolute Gasteiger partial charge is 0.481 e. The van der Waals surface area contributed by atoms with Gasteiger partial charge in [-0.2, -0.15) is 0 Å². The Morgan fingerprint density at radius 1 is 1.24 bits per heavy atom. The number of nitrogens with one attached hydrogen (secondary N) is 1. The van der Waals surface area contributed by atoms with Gasteiger partial charge in [0.1, 0.15) is 11.6 Å². The van der Waals surface area contributed by atoms with Crippen LogP contribution in [0.3, 0.4) is 0 Å². The van der Waals surface area contributed by atoms with Gasteiger partial charge in [0, 0.05) is 5.69 Å². The Morgan fingerprint density at radius 2 is 2.00 bits per heavy atom. The summed E-state index contributed by atoms with van der Waals surface area (Å²) in [6, 6.07) is 13.3. The number of halogens is 1. The Kier molecular flexibility index (Phi) is 4.93. The van der Waals surface area contributed by atoms with Gasteiger partial charge in [-0.1, -0.05) is 25.1 Å². The van der Waals surface area contributed by atoms with Crippen molar-refractivity contribution in [3.8, 4) is 5.75 Å². The molecule has 2 rings (SSSR count). The minimum Gasteiger partial charge on any atom is -0.481 e. The molecule has 1 amide bonds. The van der Waals surface area contributed by atoms with Gasteiger partial charge in [-0.25, -0.2) is 4.39 Å². The lowest BCUT2D eigenvalue weighted by Crippen LogP contribution is -2.32. The van der Waals surface area contributed by atoms with Crippen molar-refractivity contribution in [2.24, 2.45) is 0 Å². The molecule has 0 aliphatic rings. The second kappa shape index (κ2) is 6.88. The maximum absolute atomic E-state index is 13.1. The first-order valence-corrected chi connectivity index (χ1v) is 6.88. The second-order valence-corrected chi connectivity index (χ2v) is 4.83. The fourth-order valence-electron chi connectivity index (χ4n) is 1.96. The van der Waals surface area contributed by atoms with Crippen LogP contribution in [-0.4, -0.2) is 12.0 Å². The van der Waals surface area contributed by atoms with Crippen LogP contribution in [0.1, 0.15) is 18.9 Å². The van der Waals surface area contributed by atoms with Gasteiger partial charge in [0.25, 0.3) is 5.91 Å². The van der Waals surface area contributed by atoms with Crippen LogP contribution in [0.2, 0.25) is 0 Å². The molecule has 2 aromatic carbocycles. The maximum Gasteiger partial charge on any atom is 0.265 e. The van der Waals surface area contributed by atoms with Crippen LogP contribution < -0.4 is 10.1 Å². The highest BCUT2D eigenvalue weighted by molar-refractivity contribution is 5.94. The van der Waals surface area contributed by atoms with Crippen molar-refractivity contribution in [1.29, 1.82) is 0 Å². The molecule has 110 valence electrons. The number of amides is 1. The number of benzene rings is 2. The van der Waals surface area contributed by atoms with Crippen molar-refractivity contribution in [2.75, 3.05) is 5.32 Å². The van der Waals surface area contributed by atoms with Crippen LogP contribution in [0.25, 0.3) is 0 Å². The molecule has 1 N–H and O–H groups in total. The van der Waals surface area contributed by atoms with E-state index in [1.165, 1.54) is 12.1 Å². The predicted octanol–water partition coefficient (Wildman–Crippen LogP) is 3.93. The molecule has 0 aromatic heterocycles. The van der Waals surface area contributed by atoms with Crippen molar-refractivity contribution in [1.82, 2.24) is 0 Å². The summed E-state index contributed by atoms with van der Waals surface area (Å²) in [5, 5.41) is 2.66. The number of hydrogen-bond donors (Lipinski definition) is 1. The van der Waals surface area contributed by atoms with Gasteiger partial charge in [0.2, 0.25) is 0 Å². The minimum absolute atomic E-state index is 0.287. The standard InChI is InChI=1S/C17H18FNO2/c1-3-16(21-15-9-4-6-12(2)10-15)17(20)19-14-8-5-7-13(18)11-14/h4-11,16H,3H2,1-2H3,(H,19,20)/t16-/m0/s1. The smallest absolute Gasteiger partial charge is 0.265 e. The molecular weight excluding hydrogens is 269 g/mol. The summed E-state index contributed by atoms with van der Waals surface area (Å²) in [6.07, 6.45) is -0.0928. The fourth-order valence-corrected chi connectivity index (χ4v) is 1.96. The van der Waals surface area contributed by atoms with Gasteiger partial charge in [-0.05, 0) is 49.2 Å². The number of aryl methyl sites for hydroxylation is 1. The summed E-state index contributed by atoms with van der Waals surface area (Å²) in [4.78, 5) is 12.2. The van der Waals surface area contributed by atoms with Crippen LogP contribution in [-0.2, 0) is 4.79 Å². The molecule has 0 spiro atoms. The molecule has 0 unspecified atom stereocenters. The topological polar surface area (TPSA) is 38.3 Å². The van der Waals surface area contributed by atoms with Crippen LogP contribution in [0, 0.1) is 12.7 Å². The summed E-state index contributed by atoms with van der Waals surface area (Å²) < 4.78 is 18.8. The molecule has 0 bridgehead atoms. The van der Waals surface area contributed by atoms with Crippen LogP contribution in [0.4, 0.5) is 10.1 Å². The lowest BCUT2D eigenvalue weighted by Gasteiger charge is -2.17. The van der Waals surface area contributed by atoms with Gasteiger partial charge >= 0.3 is 0 Å². The first-order valence-electron chi connectivity index (χ1n) is 6.88. The highest BCUT2D eigenvalue weighted by Gasteiger charge is 2.18. The third kappa shape index (κ3) is 4.31. The molecule has 3 nitrogen and oxygen atoms in total. The molecule has 4 heteroatoms. The number of hydrogen-bond acceptors (Lipinski definition) is 2. The zero-order valence-corrected chi connectivity index (χ0v) is 12.1. The third-order valence-corrected chi connectivity index (χ3v) is 3.02. The Labute approximate surface area is 123 Å². The lowest BCUT2D eigenvalue weighted by molar-refractivity contribution is -0.122. The molecule has 0 fully saturated rings. The zero-order chi connectivity index (χ0) is 15.2. The minimum atomic E-state index is -0.616. The number of ether oxygens (including phenoxy) is 1. The number of anilines is 1. The molecule has 2 aromatic rings. The van der Waals surface area contributed by atoms with Crippen molar-refractivity contribution in [3.63, 3.8) is 0 Å². The van der Waals surface area contributed by atoms with Gasteiger partial charge < -0.3 is 10.1 Å². The van der Waals surface area contributed by atoms with E-state index in [2.05, 4.69) is 5.32 Å². The Bertz CT molecular complexity index is 628. The van der Waals surface area contributed by atoms with E-state index in [0.29, 0.717) is 17.9 Å². The second-order valence-electron chi connectivity index (χ2n) is 4.83.